The van der Waals surface area contributed by atoms with E-state index in [0.717, 1.165) is 31.8 Å². The van der Waals surface area contributed by atoms with Crippen LogP contribution in [-0.2, 0) is 5.75 Å². The van der Waals surface area contributed by atoms with Gasteiger partial charge in [0.15, 0.2) is 8.68 Å². The number of aromatic hydroxyl groups is 1. The lowest BCUT2D eigenvalue weighted by molar-refractivity contribution is 0.473. The standard InChI is InChI=1S/C15H14N2O3S3/c1-2-5-21-14-16-17-15(23-14)22-8-9-6-13(19)20-12-7-10(18)3-4-11(9)12/h3-4,6-7,18H,2,5,8H2,1H3. The Labute approximate surface area is 145 Å². The fourth-order valence-electron chi connectivity index (χ4n) is 1.98. The minimum absolute atomic E-state index is 0.0761. The average Bonchev–Trinajstić information content (AvgIpc) is 2.98. The summed E-state index contributed by atoms with van der Waals surface area (Å²) in [4.78, 5) is 11.7. The largest absolute Gasteiger partial charge is 0.508 e. The van der Waals surface area contributed by atoms with Gasteiger partial charge in [0, 0.05) is 29.0 Å². The van der Waals surface area contributed by atoms with E-state index in [0.29, 0.717) is 11.3 Å². The molecule has 0 amide bonds. The Balaban J connectivity index is 1.79. The molecule has 1 aromatic carbocycles. The van der Waals surface area contributed by atoms with Crippen LogP contribution >= 0.6 is 34.9 Å². The van der Waals surface area contributed by atoms with Crippen LogP contribution in [0.2, 0.25) is 0 Å². The molecule has 0 atom stereocenters. The molecule has 5 nitrogen and oxygen atoms in total. The Bertz CT molecular complexity index is 876. The first-order valence-electron chi connectivity index (χ1n) is 7.00. The van der Waals surface area contributed by atoms with Crippen LogP contribution in [0.4, 0.5) is 0 Å². The smallest absolute Gasteiger partial charge is 0.336 e. The molecule has 0 saturated carbocycles. The number of rotatable bonds is 6. The highest BCUT2D eigenvalue weighted by Crippen LogP contribution is 2.32. The third-order valence-corrected chi connectivity index (χ3v) is 6.43. The van der Waals surface area contributed by atoms with Gasteiger partial charge >= 0.3 is 5.63 Å². The molecule has 23 heavy (non-hydrogen) atoms. The predicted octanol–water partition coefficient (Wildman–Crippen LogP) is 4.14. The van der Waals surface area contributed by atoms with E-state index in [1.54, 1.807) is 47.0 Å². The zero-order valence-corrected chi connectivity index (χ0v) is 14.8. The predicted molar refractivity (Wildman–Crippen MR) is 94.6 cm³/mol. The van der Waals surface area contributed by atoms with Crippen molar-refractivity contribution in [3.05, 3.63) is 40.2 Å². The molecule has 3 aromatic rings. The van der Waals surface area contributed by atoms with Crippen molar-refractivity contribution in [3.8, 4) is 5.75 Å². The molecule has 8 heteroatoms. The molecule has 2 aromatic heterocycles. The summed E-state index contributed by atoms with van der Waals surface area (Å²) in [7, 11) is 0. The summed E-state index contributed by atoms with van der Waals surface area (Å²) in [5.41, 5.74) is 0.832. The molecule has 0 bridgehead atoms. The van der Waals surface area contributed by atoms with Crippen LogP contribution in [-0.4, -0.2) is 21.1 Å². The van der Waals surface area contributed by atoms with Gasteiger partial charge in [-0.1, -0.05) is 41.8 Å². The summed E-state index contributed by atoms with van der Waals surface area (Å²) in [5.74, 6) is 1.71. The van der Waals surface area contributed by atoms with Gasteiger partial charge < -0.3 is 9.52 Å². The molecule has 3 rings (SSSR count). The Hall–Kier alpha value is -1.51. The van der Waals surface area contributed by atoms with E-state index in [1.807, 2.05) is 0 Å². The molecule has 0 fully saturated rings. The summed E-state index contributed by atoms with van der Waals surface area (Å²) >= 11 is 4.82. The van der Waals surface area contributed by atoms with Gasteiger partial charge in [-0.15, -0.1) is 10.2 Å². The molecular weight excluding hydrogens is 352 g/mol. The van der Waals surface area contributed by atoms with Crippen molar-refractivity contribution in [1.82, 2.24) is 10.2 Å². The van der Waals surface area contributed by atoms with Crippen molar-refractivity contribution in [3.63, 3.8) is 0 Å². The van der Waals surface area contributed by atoms with E-state index in [9.17, 15) is 9.90 Å². The topological polar surface area (TPSA) is 76.2 Å². The number of thioether (sulfide) groups is 2. The monoisotopic (exact) mass is 366 g/mol. The van der Waals surface area contributed by atoms with Crippen molar-refractivity contribution < 1.29 is 9.52 Å². The minimum Gasteiger partial charge on any atom is -0.508 e. The van der Waals surface area contributed by atoms with Crippen LogP contribution < -0.4 is 5.63 Å². The molecule has 1 N–H and O–H groups in total. The molecule has 0 saturated heterocycles. The second kappa shape index (κ2) is 7.37. The highest BCUT2D eigenvalue weighted by Gasteiger charge is 2.10. The Morgan fingerprint density at radius 2 is 2.00 bits per heavy atom. The van der Waals surface area contributed by atoms with Gasteiger partial charge in [0.2, 0.25) is 0 Å². The first-order valence-corrected chi connectivity index (χ1v) is 9.79. The molecule has 0 aliphatic carbocycles. The summed E-state index contributed by atoms with van der Waals surface area (Å²) in [5, 5.41) is 18.7. The first kappa shape index (κ1) is 16.4. The number of fused-ring (bicyclic) bond motifs is 1. The Kier molecular flexibility index (Phi) is 5.24. The van der Waals surface area contributed by atoms with E-state index in [-0.39, 0.29) is 5.75 Å². The van der Waals surface area contributed by atoms with E-state index < -0.39 is 5.63 Å². The normalized spacial score (nSPS) is 11.2. The molecule has 0 unspecified atom stereocenters. The van der Waals surface area contributed by atoms with Crippen LogP contribution in [0.5, 0.6) is 5.75 Å². The maximum Gasteiger partial charge on any atom is 0.336 e. The molecule has 0 aliphatic heterocycles. The maximum absolute atomic E-state index is 11.7. The zero-order chi connectivity index (χ0) is 16.2. The number of benzene rings is 1. The highest BCUT2D eigenvalue weighted by molar-refractivity contribution is 8.02. The number of phenolic OH excluding ortho intramolecular Hbond substituents is 1. The number of hydrogen-bond acceptors (Lipinski definition) is 8. The lowest BCUT2D eigenvalue weighted by Gasteiger charge is -2.04. The lowest BCUT2D eigenvalue weighted by atomic mass is 10.1. The fourth-order valence-corrected chi connectivity index (χ4v) is 4.92. The van der Waals surface area contributed by atoms with Crippen LogP contribution in [0, 0.1) is 0 Å². The number of phenols is 1. The Morgan fingerprint density at radius 3 is 2.78 bits per heavy atom. The number of nitrogens with zero attached hydrogens (tertiary/aromatic N) is 2. The molecule has 0 aliphatic rings. The van der Waals surface area contributed by atoms with Crippen molar-refractivity contribution in [2.45, 2.75) is 27.8 Å². The van der Waals surface area contributed by atoms with Crippen LogP contribution in [0.25, 0.3) is 11.0 Å². The van der Waals surface area contributed by atoms with E-state index >= 15 is 0 Å². The lowest BCUT2D eigenvalue weighted by Crippen LogP contribution is -1.99. The maximum atomic E-state index is 11.7. The van der Waals surface area contributed by atoms with Crippen molar-refractivity contribution >= 4 is 45.8 Å². The third-order valence-electron chi connectivity index (χ3n) is 2.98. The summed E-state index contributed by atoms with van der Waals surface area (Å²) in [6.45, 7) is 2.13. The molecular formula is C15H14N2O3S3. The second-order valence-electron chi connectivity index (χ2n) is 4.74. The molecule has 0 radical (unpaired) electrons. The van der Waals surface area contributed by atoms with Crippen LogP contribution in [0.3, 0.4) is 0 Å². The van der Waals surface area contributed by atoms with E-state index in [2.05, 4.69) is 17.1 Å². The molecule has 2 heterocycles. The van der Waals surface area contributed by atoms with Gasteiger partial charge in [-0.2, -0.15) is 0 Å². The first-order chi connectivity index (χ1) is 11.2. The minimum atomic E-state index is -0.421. The van der Waals surface area contributed by atoms with Gasteiger partial charge in [0.05, 0.1) is 0 Å². The van der Waals surface area contributed by atoms with Gasteiger partial charge in [0.1, 0.15) is 11.3 Å². The third kappa shape index (κ3) is 4.07. The van der Waals surface area contributed by atoms with E-state index in [1.165, 1.54) is 12.1 Å². The van der Waals surface area contributed by atoms with Crippen molar-refractivity contribution in [2.75, 3.05) is 5.75 Å². The van der Waals surface area contributed by atoms with Crippen molar-refractivity contribution in [2.24, 2.45) is 0 Å². The SMILES string of the molecule is CCCSc1nnc(SCc2cc(=O)oc3cc(O)ccc23)s1. The average molecular weight is 366 g/mol. The summed E-state index contributed by atoms with van der Waals surface area (Å²) in [6, 6.07) is 6.28. The molecule has 0 spiro atoms. The number of hydrogen-bond donors (Lipinski definition) is 1. The summed E-state index contributed by atoms with van der Waals surface area (Å²) < 4.78 is 6.98. The second-order valence-corrected chi connectivity index (χ2v) is 8.28. The fraction of sp³-hybridized carbons (Fsp3) is 0.267. The zero-order valence-electron chi connectivity index (χ0n) is 12.3. The van der Waals surface area contributed by atoms with E-state index in [4.69, 9.17) is 4.42 Å². The Morgan fingerprint density at radius 1 is 1.22 bits per heavy atom. The van der Waals surface area contributed by atoms with Gasteiger partial charge in [-0.25, -0.2) is 4.79 Å². The van der Waals surface area contributed by atoms with Gasteiger partial charge in [-0.3, -0.25) is 0 Å². The van der Waals surface area contributed by atoms with Gasteiger partial charge in [0.25, 0.3) is 0 Å². The summed E-state index contributed by atoms with van der Waals surface area (Å²) in [6.07, 6.45) is 1.10. The molecule has 120 valence electrons. The van der Waals surface area contributed by atoms with Gasteiger partial charge in [-0.05, 0) is 24.1 Å². The van der Waals surface area contributed by atoms with Crippen LogP contribution in [0.1, 0.15) is 18.9 Å². The quantitative estimate of drug-likeness (QED) is 0.519. The highest BCUT2D eigenvalue weighted by atomic mass is 32.2. The van der Waals surface area contributed by atoms with Crippen molar-refractivity contribution in [1.29, 1.82) is 0 Å². The number of aromatic nitrogens is 2. The van der Waals surface area contributed by atoms with Crippen LogP contribution in [0.15, 0.2) is 42.2 Å².